The van der Waals surface area contributed by atoms with E-state index in [0.717, 1.165) is 11.4 Å². The van der Waals surface area contributed by atoms with Gasteiger partial charge in [-0.15, -0.1) is 0 Å². The Morgan fingerprint density at radius 3 is 2.68 bits per heavy atom. The van der Waals surface area contributed by atoms with Crippen molar-refractivity contribution in [3.05, 3.63) is 24.3 Å². The van der Waals surface area contributed by atoms with Crippen LogP contribution in [-0.4, -0.2) is 41.7 Å². The molecule has 0 spiro atoms. The molecule has 2 rings (SSSR count). The standard InChI is InChI=1S/C13H16N2O3S/c1-15(9-3-5-10(17-2)6-4-9)13(14)19-11-7-8-18-12(11)16/h3-6,11,14H,7-8H2,1-2H3/p+1. The molecule has 0 saturated carbocycles. The Morgan fingerprint density at radius 1 is 1.47 bits per heavy atom. The van der Waals surface area contributed by atoms with Crippen molar-refractivity contribution in [2.45, 2.75) is 11.7 Å². The second-order valence-corrected chi connectivity index (χ2v) is 5.38. The van der Waals surface area contributed by atoms with Gasteiger partial charge in [0.25, 0.3) is 0 Å². The van der Waals surface area contributed by atoms with E-state index in [1.54, 1.807) is 7.11 Å². The van der Waals surface area contributed by atoms with E-state index >= 15 is 0 Å². The van der Waals surface area contributed by atoms with Gasteiger partial charge in [0.15, 0.2) is 0 Å². The number of hydrogen-bond acceptors (Lipinski definition) is 4. The number of nitrogens with zero attached hydrogens (tertiary/aromatic N) is 1. The molecule has 1 aromatic rings. The van der Waals surface area contributed by atoms with Gasteiger partial charge >= 0.3 is 11.1 Å². The van der Waals surface area contributed by atoms with Crippen LogP contribution in [0.4, 0.5) is 5.69 Å². The molecule has 1 aromatic carbocycles. The topological polar surface area (TPSA) is 64.6 Å². The fraction of sp³-hybridized carbons (Fsp3) is 0.385. The Bertz CT molecular complexity index is 499. The van der Waals surface area contributed by atoms with Crippen molar-refractivity contribution in [1.82, 2.24) is 0 Å². The van der Waals surface area contributed by atoms with E-state index in [9.17, 15) is 4.79 Å². The molecule has 0 aromatic heterocycles. The summed E-state index contributed by atoms with van der Waals surface area (Å²) in [4.78, 5) is 11.4. The number of cyclic esters (lactones) is 1. The number of carbonyl (C=O) groups is 1. The van der Waals surface area contributed by atoms with E-state index in [2.05, 4.69) is 0 Å². The number of esters is 1. The van der Waals surface area contributed by atoms with Gasteiger partial charge in [0.05, 0.1) is 20.8 Å². The fourth-order valence-electron chi connectivity index (χ4n) is 1.74. The van der Waals surface area contributed by atoms with Gasteiger partial charge in [-0.1, -0.05) is 0 Å². The summed E-state index contributed by atoms with van der Waals surface area (Å²) >= 11 is 1.34. The highest BCUT2D eigenvalue weighted by Crippen LogP contribution is 2.23. The van der Waals surface area contributed by atoms with Crippen molar-refractivity contribution >= 4 is 28.6 Å². The minimum atomic E-state index is -0.194. The van der Waals surface area contributed by atoms with Gasteiger partial charge in [0.1, 0.15) is 16.7 Å². The van der Waals surface area contributed by atoms with E-state index in [4.69, 9.17) is 15.2 Å². The van der Waals surface area contributed by atoms with Crippen molar-refractivity contribution < 1.29 is 18.8 Å². The van der Waals surface area contributed by atoms with Gasteiger partial charge in [-0.05, 0) is 36.0 Å². The highest BCUT2D eigenvalue weighted by atomic mass is 32.2. The molecule has 6 heteroatoms. The van der Waals surface area contributed by atoms with E-state index in [-0.39, 0.29) is 11.2 Å². The first-order valence-electron chi connectivity index (χ1n) is 5.95. The molecule has 1 heterocycles. The molecule has 1 aliphatic heterocycles. The monoisotopic (exact) mass is 281 g/mol. The van der Waals surface area contributed by atoms with Crippen molar-refractivity contribution in [3.8, 4) is 5.75 Å². The van der Waals surface area contributed by atoms with Crippen LogP contribution in [0.25, 0.3) is 0 Å². The quantitative estimate of drug-likeness (QED) is 0.392. The summed E-state index contributed by atoms with van der Waals surface area (Å²) in [5, 5.41) is 0.384. The van der Waals surface area contributed by atoms with Gasteiger partial charge in [0.2, 0.25) is 0 Å². The van der Waals surface area contributed by atoms with Crippen LogP contribution in [0.15, 0.2) is 24.3 Å². The predicted molar refractivity (Wildman–Crippen MR) is 75.0 cm³/mol. The zero-order valence-electron chi connectivity index (χ0n) is 11.0. The first kappa shape index (κ1) is 13.7. The van der Waals surface area contributed by atoms with Crippen molar-refractivity contribution in [2.24, 2.45) is 5.73 Å². The molecule has 0 amide bonds. The lowest BCUT2D eigenvalue weighted by atomic mass is 10.3. The van der Waals surface area contributed by atoms with E-state index in [1.165, 1.54) is 11.8 Å². The molecule has 1 saturated heterocycles. The minimum Gasteiger partial charge on any atom is -0.497 e. The molecule has 1 aliphatic rings. The minimum absolute atomic E-state index is 0.184. The van der Waals surface area contributed by atoms with Crippen LogP contribution < -0.4 is 10.5 Å². The normalized spacial score (nSPS) is 19.9. The number of benzene rings is 1. The molecule has 1 unspecified atom stereocenters. The highest BCUT2D eigenvalue weighted by Gasteiger charge is 2.30. The Morgan fingerprint density at radius 2 is 2.16 bits per heavy atom. The molecule has 0 aliphatic carbocycles. The molecule has 19 heavy (non-hydrogen) atoms. The molecule has 102 valence electrons. The van der Waals surface area contributed by atoms with Gasteiger partial charge in [-0.25, -0.2) is 4.58 Å². The molecule has 0 radical (unpaired) electrons. The highest BCUT2D eigenvalue weighted by molar-refractivity contribution is 8.14. The molecule has 5 nitrogen and oxygen atoms in total. The zero-order valence-corrected chi connectivity index (χ0v) is 11.8. The third kappa shape index (κ3) is 3.20. The van der Waals surface area contributed by atoms with Crippen LogP contribution >= 0.6 is 11.8 Å². The summed E-state index contributed by atoms with van der Waals surface area (Å²) in [6, 6.07) is 7.57. The maximum Gasteiger partial charge on any atom is 0.319 e. The molecule has 1 fully saturated rings. The smallest absolute Gasteiger partial charge is 0.319 e. The van der Waals surface area contributed by atoms with Crippen LogP contribution in [0, 0.1) is 0 Å². The average Bonchev–Trinajstić information content (AvgIpc) is 2.83. The lowest BCUT2D eigenvalue weighted by Crippen LogP contribution is -2.24. The number of nitrogens with two attached hydrogens (primary N) is 1. The third-order valence-corrected chi connectivity index (χ3v) is 4.17. The largest absolute Gasteiger partial charge is 0.497 e. The molecule has 1 atom stereocenters. The fourth-order valence-corrected chi connectivity index (χ4v) is 2.68. The summed E-state index contributed by atoms with van der Waals surface area (Å²) in [5.74, 6) is 0.610. The molecule has 0 bridgehead atoms. The molecular formula is C13H17N2O3S+. The Labute approximate surface area is 116 Å². The summed E-state index contributed by atoms with van der Waals surface area (Å²) in [6.45, 7) is 0.482. The summed E-state index contributed by atoms with van der Waals surface area (Å²) < 4.78 is 11.9. The lowest BCUT2D eigenvalue weighted by Gasteiger charge is -2.07. The number of methoxy groups -OCH3 is 1. The van der Waals surface area contributed by atoms with Crippen molar-refractivity contribution in [2.75, 3.05) is 20.8 Å². The maximum atomic E-state index is 11.4. The van der Waals surface area contributed by atoms with Crippen LogP contribution in [0.1, 0.15) is 6.42 Å². The SMILES string of the molecule is COc1ccc([N+](C)=C(N)SC2CCOC2=O)cc1. The van der Waals surface area contributed by atoms with Crippen LogP contribution in [0.2, 0.25) is 0 Å². The maximum absolute atomic E-state index is 11.4. The van der Waals surface area contributed by atoms with Crippen LogP contribution in [0.5, 0.6) is 5.75 Å². The number of ether oxygens (including phenoxy) is 2. The summed E-state index contributed by atoms with van der Waals surface area (Å²) in [6.07, 6.45) is 0.709. The van der Waals surface area contributed by atoms with E-state index in [1.807, 2.05) is 35.9 Å². The zero-order chi connectivity index (χ0) is 13.8. The Hall–Kier alpha value is -1.69. The van der Waals surface area contributed by atoms with E-state index in [0.29, 0.717) is 18.2 Å². The average molecular weight is 281 g/mol. The Kier molecular flexibility index (Phi) is 4.31. The van der Waals surface area contributed by atoms with Gasteiger partial charge in [0, 0.05) is 6.42 Å². The second kappa shape index (κ2) is 5.97. The first-order valence-corrected chi connectivity index (χ1v) is 6.83. The summed E-state index contributed by atoms with van der Waals surface area (Å²) in [7, 11) is 3.49. The molecule has 2 N–H and O–H groups in total. The van der Waals surface area contributed by atoms with Crippen LogP contribution in [-0.2, 0) is 9.53 Å². The molecular weight excluding hydrogens is 264 g/mol. The number of thioether (sulfide) groups is 1. The van der Waals surface area contributed by atoms with E-state index < -0.39 is 0 Å². The predicted octanol–water partition coefficient (Wildman–Crippen LogP) is 1.33. The van der Waals surface area contributed by atoms with Crippen LogP contribution in [0.3, 0.4) is 0 Å². The van der Waals surface area contributed by atoms with Crippen molar-refractivity contribution in [3.63, 3.8) is 0 Å². The number of amidine groups is 1. The second-order valence-electron chi connectivity index (χ2n) is 4.16. The number of hydrogen-bond donors (Lipinski definition) is 1. The van der Waals surface area contributed by atoms with Crippen molar-refractivity contribution in [1.29, 1.82) is 0 Å². The van der Waals surface area contributed by atoms with Gasteiger partial charge in [-0.2, -0.15) is 0 Å². The summed E-state index contributed by atoms with van der Waals surface area (Å²) in [5.41, 5.74) is 6.97. The number of rotatable bonds is 3. The van der Waals surface area contributed by atoms with Gasteiger partial charge in [-0.3, -0.25) is 10.5 Å². The Balaban J connectivity index is 2.12. The first-order chi connectivity index (χ1) is 9.11. The number of carbonyl (C=O) groups excluding carboxylic acids is 1. The third-order valence-electron chi connectivity index (χ3n) is 2.94. The lowest BCUT2D eigenvalue weighted by molar-refractivity contribution is -0.402. The van der Waals surface area contributed by atoms with Gasteiger partial charge < -0.3 is 9.47 Å².